The summed E-state index contributed by atoms with van der Waals surface area (Å²) in [6, 6.07) is 5.99. The Balaban J connectivity index is 2.30. The van der Waals surface area contributed by atoms with Gasteiger partial charge in [0.05, 0.1) is 11.2 Å². The van der Waals surface area contributed by atoms with E-state index in [0.29, 0.717) is 5.75 Å². The highest BCUT2D eigenvalue weighted by atomic mass is 32.1. The molecule has 0 atom stereocenters. The Morgan fingerprint density at radius 3 is 2.24 bits per heavy atom. The maximum absolute atomic E-state index is 6.08. The van der Waals surface area contributed by atoms with Gasteiger partial charge in [0.15, 0.2) is 0 Å². The monoisotopic (exact) mass is 305 g/mol. The summed E-state index contributed by atoms with van der Waals surface area (Å²) < 4.78 is 12.2. The molecular weight excluding hydrogens is 281 g/mol. The van der Waals surface area contributed by atoms with Gasteiger partial charge in [0.25, 0.3) is 0 Å². The molecule has 0 unspecified atom stereocenters. The molecule has 2 rings (SSSR count). The predicted octanol–water partition coefficient (Wildman–Crippen LogP) is 3.52. The van der Waals surface area contributed by atoms with Crippen LogP contribution in [0.4, 0.5) is 5.69 Å². The van der Waals surface area contributed by atoms with Crippen molar-refractivity contribution in [3.63, 3.8) is 0 Å². The van der Waals surface area contributed by atoms with Crippen LogP contribution in [0.3, 0.4) is 0 Å². The van der Waals surface area contributed by atoms with Crippen molar-refractivity contribution in [3.05, 3.63) is 34.8 Å². The van der Waals surface area contributed by atoms with Gasteiger partial charge in [-0.05, 0) is 63.4 Å². The molecule has 2 N–H and O–H groups in total. The molecule has 0 radical (unpaired) electrons. The fourth-order valence-corrected chi connectivity index (χ4v) is 2.56. The summed E-state index contributed by atoms with van der Waals surface area (Å²) in [5.74, 6) is 0.574. The van der Waals surface area contributed by atoms with Gasteiger partial charge in [-0.2, -0.15) is 12.6 Å². The Kier molecular flexibility index (Phi) is 4.48. The Bertz CT molecular complexity index is 533. The number of nitrogens with two attached hydrogens (primary N) is 1. The van der Waals surface area contributed by atoms with Crippen molar-refractivity contribution in [2.75, 3.05) is 11.5 Å². The summed E-state index contributed by atoms with van der Waals surface area (Å²) in [5.41, 5.74) is 9.16. The molecule has 1 aliphatic heterocycles. The Morgan fingerprint density at radius 1 is 1.19 bits per heavy atom. The number of benzene rings is 1. The third-order valence-corrected chi connectivity index (χ3v) is 4.58. The van der Waals surface area contributed by atoms with E-state index in [4.69, 9.17) is 15.0 Å². The van der Waals surface area contributed by atoms with Crippen LogP contribution in [0.5, 0.6) is 0 Å². The molecule has 1 aromatic rings. The lowest BCUT2D eigenvalue weighted by Crippen LogP contribution is -2.41. The molecule has 0 saturated carbocycles. The van der Waals surface area contributed by atoms with Crippen LogP contribution in [0.2, 0.25) is 0 Å². The molecule has 1 aromatic carbocycles. The van der Waals surface area contributed by atoms with E-state index in [1.165, 1.54) is 0 Å². The molecule has 0 spiro atoms. The normalized spacial score (nSPS) is 20.9. The van der Waals surface area contributed by atoms with Crippen molar-refractivity contribution in [1.29, 1.82) is 0 Å². The van der Waals surface area contributed by atoms with Crippen molar-refractivity contribution in [2.45, 2.75) is 45.8 Å². The number of hydrogen-bond donors (Lipinski definition) is 2. The van der Waals surface area contributed by atoms with Gasteiger partial charge in [-0.1, -0.05) is 12.1 Å². The highest BCUT2D eigenvalue weighted by molar-refractivity contribution is 7.80. The molecule has 1 fully saturated rings. The van der Waals surface area contributed by atoms with Crippen molar-refractivity contribution >= 4 is 31.5 Å². The average molecular weight is 305 g/mol. The molecular formula is C16H24BNO2S. The quantitative estimate of drug-likeness (QED) is 0.510. The van der Waals surface area contributed by atoms with Gasteiger partial charge in [-0.3, -0.25) is 0 Å². The zero-order valence-electron chi connectivity index (χ0n) is 13.4. The van der Waals surface area contributed by atoms with Gasteiger partial charge < -0.3 is 15.0 Å². The zero-order valence-corrected chi connectivity index (χ0v) is 14.3. The Morgan fingerprint density at radius 2 is 1.76 bits per heavy atom. The molecule has 114 valence electrons. The number of rotatable bonds is 3. The lowest BCUT2D eigenvalue weighted by atomic mass is 9.78. The van der Waals surface area contributed by atoms with Crippen LogP contribution in [-0.4, -0.2) is 24.1 Å². The number of nitrogen functional groups attached to an aromatic ring is 1. The first-order valence-corrected chi connectivity index (χ1v) is 7.82. The van der Waals surface area contributed by atoms with Gasteiger partial charge in [-0.15, -0.1) is 0 Å². The fraction of sp³-hybridized carbons (Fsp3) is 0.500. The zero-order chi connectivity index (χ0) is 15.8. The summed E-state index contributed by atoms with van der Waals surface area (Å²) in [7, 11) is -0.366. The van der Waals surface area contributed by atoms with Crippen molar-refractivity contribution in [3.8, 4) is 0 Å². The van der Waals surface area contributed by atoms with E-state index in [0.717, 1.165) is 22.3 Å². The first kappa shape index (κ1) is 16.5. The first-order chi connectivity index (χ1) is 9.64. The minimum atomic E-state index is -0.366. The second-order valence-corrected chi connectivity index (χ2v) is 6.96. The molecule has 0 aromatic heterocycles. The molecule has 3 nitrogen and oxygen atoms in total. The minimum absolute atomic E-state index is 0.342. The number of aryl methyl sites for hydroxylation is 1. The summed E-state index contributed by atoms with van der Waals surface area (Å²) in [4.78, 5) is 0. The maximum atomic E-state index is 6.08. The van der Waals surface area contributed by atoms with Gasteiger partial charge >= 0.3 is 7.12 Å². The van der Waals surface area contributed by atoms with Crippen LogP contribution in [0.25, 0.3) is 6.08 Å². The lowest BCUT2D eigenvalue weighted by molar-refractivity contribution is 0.00578. The van der Waals surface area contributed by atoms with Gasteiger partial charge in [0, 0.05) is 11.4 Å². The van der Waals surface area contributed by atoms with Crippen LogP contribution < -0.4 is 5.73 Å². The van der Waals surface area contributed by atoms with E-state index in [-0.39, 0.29) is 18.3 Å². The van der Waals surface area contributed by atoms with Crippen molar-refractivity contribution < 1.29 is 9.31 Å². The highest BCUT2D eigenvalue weighted by Gasteiger charge is 2.52. The second-order valence-electron chi connectivity index (χ2n) is 6.64. The van der Waals surface area contributed by atoms with Crippen LogP contribution in [0, 0.1) is 6.92 Å². The summed E-state index contributed by atoms with van der Waals surface area (Å²) in [6.45, 7) is 10.2. The van der Waals surface area contributed by atoms with Crippen molar-refractivity contribution in [2.24, 2.45) is 0 Å². The van der Waals surface area contributed by atoms with E-state index in [2.05, 4.69) is 24.8 Å². The molecule has 1 aliphatic rings. The topological polar surface area (TPSA) is 44.5 Å². The van der Waals surface area contributed by atoms with Crippen LogP contribution in [0.1, 0.15) is 38.8 Å². The fourth-order valence-electron chi connectivity index (χ4n) is 2.32. The first-order valence-electron chi connectivity index (χ1n) is 7.19. The molecule has 0 bridgehead atoms. The summed E-state index contributed by atoms with van der Waals surface area (Å²) >= 11 is 4.43. The van der Waals surface area contributed by atoms with Gasteiger partial charge in [0.2, 0.25) is 0 Å². The summed E-state index contributed by atoms with van der Waals surface area (Å²) in [6.07, 6.45) is 2.05. The number of hydrogen-bond acceptors (Lipinski definition) is 4. The maximum Gasteiger partial charge on any atom is 0.491 e. The molecule has 0 aliphatic carbocycles. The standard InChI is InChI=1S/C16H24BNO2S/c1-11-6-12(9-14(18)7-11)8-13(10-21)17-19-15(2,3)16(4,5)20-17/h6-9,21H,10,18H2,1-5H3. The van der Waals surface area contributed by atoms with Crippen LogP contribution in [-0.2, 0) is 9.31 Å². The molecule has 21 heavy (non-hydrogen) atoms. The van der Waals surface area contributed by atoms with E-state index in [9.17, 15) is 0 Å². The third-order valence-electron chi connectivity index (χ3n) is 4.21. The minimum Gasteiger partial charge on any atom is -0.400 e. The lowest BCUT2D eigenvalue weighted by Gasteiger charge is -2.32. The SMILES string of the molecule is Cc1cc(N)cc(C=C(CS)B2OC(C)(C)C(C)(C)O2)c1. The average Bonchev–Trinajstić information content (AvgIpc) is 2.54. The van der Waals surface area contributed by atoms with E-state index < -0.39 is 0 Å². The van der Waals surface area contributed by atoms with Crippen LogP contribution >= 0.6 is 12.6 Å². The van der Waals surface area contributed by atoms with E-state index >= 15 is 0 Å². The second kappa shape index (κ2) is 5.71. The molecule has 1 heterocycles. The Hall–Kier alpha value is -0.905. The van der Waals surface area contributed by atoms with Crippen molar-refractivity contribution in [1.82, 2.24) is 0 Å². The highest BCUT2D eigenvalue weighted by Crippen LogP contribution is 2.39. The molecule has 1 saturated heterocycles. The van der Waals surface area contributed by atoms with E-state index in [1.807, 2.05) is 46.8 Å². The van der Waals surface area contributed by atoms with Gasteiger partial charge in [0.1, 0.15) is 0 Å². The number of thiol groups is 1. The van der Waals surface area contributed by atoms with Crippen LogP contribution in [0.15, 0.2) is 23.7 Å². The smallest absolute Gasteiger partial charge is 0.400 e. The predicted molar refractivity (Wildman–Crippen MR) is 93.5 cm³/mol. The third kappa shape index (κ3) is 3.47. The largest absolute Gasteiger partial charge is 0.491 e. The van der Waals surface area contributed by atoms with Gasteiger partial charge in [-0.25, -0.2) is 0 Å². The Labute approximate surface area is 133 Å². The number of anilines is 1. The summed E-state index contributed by atoms with van der Waals surface area (Å²) in [5, 5.41) is 0. The molecule has 0 amide bonds. The van der Waals surface area contributed by atoms with E-state index in [1.54, 1.807) is 0 Å². The molecule has 5 heteroatoms.